The molecule has 1 atom stereocenters. The average Bonchev–Trinajstić information content (AvgIpc) is 3.08. The van der Waals surface area contributed by atoms with Crippen LogP contribution in [0.15, 0.2) is 4.52 Å². The maximum atomic E-state index is 10.3. The molecule has 1 aliphatic heterocycles. The molecule has 2 N–H and O–H groups in total. The van der Waals surface area contributed by atoms with Gasteiger partial charge in [0.15, 0.2) is 11.4 Å². The van der Waals surface area contributed by atoms with Crippen molar-refractivity contribution >= 4 is 11.8 Å². The van der Waals surface area contributed by atoms with Crippen molar-refractivity contribution in [3.63, 3.8) is 0 Å². The molecule has 1 saturated carbocycles. The van der Waals surface area contributed by atoms with Crippen molar-refractivity contribution < 1.29 is 9.63 Å². The minimum Gasteiger partial charge on any atom is -0.379 e. The second kappa shape index (κ2) is 5.19. The van der Waals surface area contributed by atoms with Crippen molar-refractivity contribution in [1.82, 2.24) is 15.5 Å². The van der Waals surface area contributed by atoms with Gasteiger partial charge in [-0.1, -0.05) is 18.0 Å². The fraction of sp³-hybridized carbons (Fsp3) is 0.833. The number of nitrogens with zero attached hydrogens (tertiary/aromatic N) is 2. The summed E-state index contributed by atoms with van der Waals surface area (Å²) in [7, 11) is 0. The molecule has 2 aliphatic rings. The van der Waals surface area contributed by atoms with Crippen molar-refractivity contribution in [3.05, 3.63) is 11.7 Å². The Hall–Kier alpha value is -0.590. The molecule has 1 aromatic rings. The Balaban J connectivity index is 1.59. The Morgan fingerprint density at radius 2 is 2.28 bits per heavy atom. The molecule has 1 aromatic heterocycles. The van der Waals surface area contributed by atoms with Gasteiger partial charge >= 0.3 is 0 Å². The summed E-state index contributed by atoms with van der Waals surface area (Å²) in [6.45, 7) is 1.30. The van der Waals surface area contributed by atoms with Crippen LogP contribution in [0.1, 0.15) is 43.8 Å². The molecular formula is C12H19N3O2S. The number of β-amino-alcohol motifs (C(OH)–C–C–N with tert-alkyl or cyclic N) is 1. The molecule has 6 heteroatoms. The molecule has 0 aromatic carbocycles. The van der Waals surface area contributed by atoms with E-state index in [1.807, 2.05) is 11.8 Å². The molecule has 1 unspecified atom stereocenters. The maximum Gasteiger partial charge on any atom is 0.260 e. The maximum absolute atomic E-state index is 10.3. The van der Waals surface area contributed by atoms with Crippen LogP contribution in [-0.4, -0.2) is 33.6 Å². The van der Waals surface area contributed by atoms with Crippen LogP contribution in [0.3, 0.4) is 0 Å². The predicted octanol–water partition coefficient (Wildman–Crippen LogP) is 1.43. The first-order valence-electron chi connectivity index (χ1n) is 6.64. The van der Waals surface area contributed by atoms with E-state index in [0.29, 0.717) is 24.7 Å². The van der Waals surface area contributed by atoms with Crippen LogP contribution < -0.4 is 5.32 Å². The molecule has 3 rings (SSSR count). The molecule has 2 fully saturated rings. The minimum atomic E-state index is -0.955. The van der Waals surface area contributed by atoms with E-state index in [2.05, 4.69) is 15.5 Å². The van der Waals surface area contributed by atoms with Gasteiger partial charge in [0.2, 0.25) is 0 Å². The van der Waals surface area contributed by atoms with Crippen LogP contribution in [0.25, 0.3) is 0 Å². The van der Waals surface area contributed by atoms with Crippen molar-refractivity contribution in [2.75, 3.05) is 13.1 Å². The van der Waals surface area contributed by atoms with Gasteiger partial charge in [0, 0.05) is 11.8 Å². The van der Waals surface area contributed by atoms with Gasteiger partial charge in [-0.05, 0) is 25.8 Å². The van der Waals surface area contributed by atoms with Gasteiger partial charge in [-0.15, -0.1) is 0 Å². The van der Waals surface area contributed by atoms with E-state index in [0.717, 1.165) is 17.5 Å². The van der Waals surface area contributed by atoms with Gasteiger partial charge in [-0.2, -0.15) is 16.7 Å². The summed E-state index contributed by atoms with van der Waals surface area (Å²) in [6, 6.07) is 0. The monoisotopic (exact) mass is 269 g/mol. The zero-order valence-corrected chi connectivity index (χ0v) is 11.2. The van der Waals surface area contributed by atoms with Crippen LogP contribution in [0.2, 0.25) is 0 Å². The van der Waals surface area contributed by atoms with Crippen molar-refractivity contribution in [2.45, 2.75) is 48.7 Å². The van der Waals surface area contributed by atoms with Crippen LogP contribution in [0.5, 0.6) is 0 Å². The summed E-state index contributed by atoms with van der Waals surface area (Å²) >= 11 is 1.91. The lowest BCUT2D eigenvalue weighted by Crippen LogP contribution is -2.28. The molecular weight excluding hydrogens is 250 g/mol. The van der Waals surface area contributed by atoms with Crippen molar-refractivity contribution in [3.8, 4) is 0 Å². The fourth-order valence-corrected chi connectivity index (χ4v) is 3.78. The van der Waals surface area contributed by atoms with E-state index >= 15 is 0 Å². The van der Waals surface area contributed by atoms with E-state index in [1.54, 1.807) is 0 Å². The SMILES string of the molecule is OC1(c2nc(CSC3CCCC3)no2)CCNC1. The standard InChI is InChI=1S/C12H19N3O2S/c16-12(5-6-13-8-12)11-14-10(15-17-11)7-18-9-3-1-2-4-9/h9,13,16H,1-8H2. The first kappa shape index (κ1) is 12.4. The highest BCUT2D eigenvalue weighted by atomic mass is 32.2. The first-order valence-corrected chi connectivity index (χ1v) is 7.69. The summed E-state index contributed by atoms with van der Waals surface area (Å²) in [6.07, 6.45) is 5.96. The third-order valence-electron chi connectivity index (χ3n) is 3.75. The number of aromatic nitrogens is 2. The molecule has 5 nitrogen and oxygen atoms in total. The summed E-state index contributed by atoms with van der Waals surface area (Å²) < 4.78 is 5.20. The first-order chi connectivity index (χ1) is 8.76. The van der Waals surface area contributed by atoms with E-state index in [9.17, 15) is 5.11 Å². The van der Waals surface area contributed by atoms with Crippen LogP contribution in [-0.2, 0) is 11.4 Å². The normalized spacial score (nSPS) is 29.2. The zero-order chi connectivity index (χ0) is 12.4. The van der Waals surface area contributed by atoms with Gasteiger partial charge < -0.3 is 14.9 Å². The minimum absolute atomic E-state index is 0.370. The quantitative estimate of drug-likeness (QED) is 0.861. The molecule has 100 valence electrons. The van der Waals surface area contributed by atoms with Gasteiger partial charge in [0.05, 0.1) is 5.75 Å². The fourth-order valence-electron chi connectivity index (χ4n) is 2.61. The topological polar surface area (TPSA) is 71.2 Å². The second-order valence-electron chi connectivity index (χ2n) is 5.19. The average molecular weight is 269 g/mol. The van der Waals surface area contributed by atoms with Crippen molar-refractivity contribution in [2.24, 2.45) is 0 Å². The lowest BCUT2D eigenvalue weighted by molar-refractivity contribution is 0.0243. The van der Waals surface area contributed by atoms with Gasteiger partial charge in [-0.3, -0.25) is 0 Å². The summed E-state index contributed by atoms with van der Waals surface area (Å²) in [4.78, 5) is 4.34. The molecule has 0 bridgehead atoms. The van der Waals surface area contributed by atoms with Gasteiger partial charge in [-0.25, -0.2) is 0 Å². The number of aliphatic hydroxyl groups is 1. The van der Waals surface area contributed by atoms with E-state index in [-0.39, 0.29) is 0 Å². The summed E-state index contributed by atoms with van der Waals surface area (Å²) in [5.74, 6) is 1.87. The highest BCUT2D eigenvalue weighted by molar-refractivity contribution is 7.99. The lowest BCUT2D eigenvalue weighted by atomic mass is 10.0. The summed E-state index contributed by atoms with van der Waals surface area (Å²) in [5, 5.41) is 18.1. The Labute approximate surface area is 111 Å². The number of thioether (sulfide) groups is 1. The van der Waals surface area contributed by atoms with E-state index < -0.39 is 5.60 Å². The second-order valence-corrected chi connectivity index (χ2v) is 6.48. The molecule has 1 saturated heterocycles. The number of hydrogen-bond donors (Lipinski definition) is 2. The van der Waals surface area contributed by atoms with Gasteiger partial charge in [0.1, 0.15) is 0 Å². The number of hydrogen-bond acceptors (Lipinski definition) is 6. The molecule has 0 spiro atoms. The Morgan fingerprint density at radius 1 is 1.44 bits per heavy atom. The zero-order valence-electron chi connectivity index (χ0n) is 10.4. The van der Waals surface area contributed by atoms with Crippen LogP contribution in [0, 0.1) is 0 Å². The Morgan fingerprint density at radius 3 is 3.00 bits per heavy atom. The molecule has 1 aliphatic carbocycles. The lowest BCUT2D eigenvalue weighted by Gasteiger charge is -2.14. The van der Waals surface area contributed by atoms with E-state index in [4.69, 9.17) is 4.52 Å². The molecule has 0 amide bonds. The molecule has 2 heterocycles. The van der Waals surface area contributed by atoms with Crippen molar-refractivity contribution in [1.29, 1.82) is 0 Å². The highest BCUT2D eigenvalue weighted by Crippen LogP contribution is 2.32. The third-order valence-corrected chi connectivity index (χ3v) is 5.12. The highest BCUT2D eigenvalue weighted by Gasteiger charge is 2.38. The molecule has 0 radical (unpaired) electrons. The predicted molar refractivity (Wildman–Crippen MR) is 69.2 cm³/mol. The third kappa shape index (κ3) is 2.55. The largest absolute Gasteiger partial charge is 0.379 e. The Bertz CT molecular complexity index is 398. The van der Waals surface area contributed by atoms with E-state index in [1.165, 1.54) is 25.7 Å². The summed E-state index contributed by atoms with van der Waals surface area (Å²) in [5.41, 5.74) is -0.955. The molecule has 18 heavy (non-hydrogen) atoms. The number of nitrogens with one attached hydrogen (secondary N) is 1. The van der Waals surface area contributed by atoms with Crippen LogP contribution in [0.4, 0.5) is 0 Å². The Kier molecular flexibility index (Phi) is 3.59. The van der Waals surface area contributed by atoms with Crippen LogP contribution >= 0.6 is 11.8 Å². The number of rotatable bonds is 4. The smallest absolute Gasteiger partial charge is 0.260 e. The van der Waals surface area contributed by atoms with Gasteiger partial charge in [0.25, 0.3) is 5.89 Å².